The largest absolute Gasteiger partial charge is 0.398 e. The molecule has 112 valence electrons. The Kier molecular flexibility index (Phi) is 5.20. The minimum Gasteiger partial charge on any atom is -0.398 e. The number of hydrogen-bond acceptors (Lipinski definition) is 4. The lowest BCUT2D eigenvalue weighted by molar-refractivity contribution is 0.177. The molecule has 1 aliphatic heterocycles. The van der Waals surface area contributed by atoms with E-state index < -0.39 is 0 Å². The van der Waals surface area contributed by atoms with Gasteiger partial charge in [0.05, 0.1) is 0 Å². The maximum Gasteiger partial charge on any atom is 0.250 e. The van der Waals surface area contributed by atoms with Crippen molar-refractivity contribution in [3.63, 3.8) is 0 Å². The van der Waals surface area contributed by atoms with Crippen LogP contribution in [0.5, 0.6) is 0 Å². The van der Waals surface area contributed by atoms with E-state index in [1.165, 1.54) is 6.42 Å². The van der Waals surface area contributed by atoms with E-state index >= 15 is 0 Å². The van der Waals surface area contributed by atoms with Crippen LogP contribution in [0.3, 0.4) is 0 Å². The topological polar surface area (TPSA) is 54.5 Å². The van der Waals surface area contributed by atoms with Crippen molar-refractivity contribution in [3.05, 3.63) is 28.7 Å². The number of aromatic nitrogens is 1. The maximum atomic E-state index is 11.8. The van der Waals surface area contributed by atoms with Crippen LogP contribution in [-0.2, 0) is 6.54 Å². The minimum absolute atomic E-state index is 0.0270. The molecule has 5 nitrogen and oxygen atoms in total. The van der Waals surface area contributed by atoms with Gasteiger partial charge < -0.3 is 15.2 Å². The first-order chi connectivity index (χ1) is 9.60. The minimum atomic E-state index is 0.0270. The van der Waals surface area contributed by atoms with Crippen molar-refractivity contribution in [2.24, 2.45) is 0 Å². The molecule has 0 spiro atoms. The monoisotopic (exact) mass is 278 g/mol. The van der Waals surface area contributed by atoms with E-state index in [-0.39, 0.29) is 5.56 Å². The molecular weight excluding hydrogens is 252 g/mol. The molecule has 0 amide bonds. The standard InChI is InChI=1S/C15H26N4O/c1-3-14-12-17(2)7-4-8-18(14)9-10-19-11-13(16)5-6-15(19)20/h5-6,11,14H,3-4,7-10,12,16H2,1-2H3. The Morgan fingerprint density at radius 1 is 1.30 bits per heavy atom. The van der Waals surface area contributed by atoms with Gasteiger partial charge in [0.15, 0.2) is 0 Å². The van der Waals surface area contributed by atoms with Gasteiger partial charge in [-0.05, 0) is 39.0 Å². The molecule has 1 saturated heterocycles. The molecular formula is C15H26N4O. The summed E-state index contributed by atoms with van der Waals surface area (Å²) in [5.41, 5.74) is 6.43. The third-order valence-corrected chi connectivity index (χ3v) is 4.13. The third kappa shape index (κ3) is 3.84. The number of nitrogens with two attached hydrogens (primary N) is 1. The fourth-order valence-corrected chi connectivity index (χ4v) is 2.94. The summed E-state index contributed by atoms with van der Waals surface area (Å²) in [7, 11) is 2.19. The van der Waals surface area contributed by atoms with E-state index in [0.29, 0.717) is 18.3 Å². The van der Waals surface area contributed by atoms with Crippen molar-refractivity contribution in [1.29, 1.82) is 0 Å². The van der Waals surface area contributed by atoms with Crippen LogP contribution in [0.1, 0.15) is 19.8 Å². The Hall–Kier alpha value is -1.33. The van der Waals surface area contributed by atoms with E-state index in [2.05, 4.69) is 23.8 Å². The molecule has 2 N–H and O–H groups in total. The van der Waals surface area contributed by atoms with E-state index in [9.17, 15) is 4.79 Å². The summed E-state index contributed by atoms with van der Waals surface area (Å²) in [6, 6.07) is 3.79. The van der Waals surface area contributed by atoms with Crippen LogP contribution in [0.25, 0.3) is 0 Å². The van der Waals surface area contributed by atoms with Crippen LogP contribution in [-0.4, -0.2) is 53.6 Å². The van der Waals surface area contributed by atoms with E-state index in [0.717, 1.165) is 32.6 Å². The second-order valence-corrected chi connectivity index (χ2v) is 5.71. The molecule has 0 aromatic carbocycles. The highest BCUT2D eigenvalue weighted by Gasteiger charge is 2.21. The zero-order chi connectivity index (χ0) is 14.5. The van der Waals surface area contributed by atoms with Crippen LogP contribution >= 0.6 is 0 Å². The van der Waals surface area contributed by atoms with E-state index in [1.807, 2.05) is 0 Å². The first-order valence-electron chi connectivity index (χ1n) is 7.48. The van der Waals surface area contributed by atoms with Crippen LogP contribution in [0, 0.1) is 0 Å². The Morgan fingerprint density at radius 3 is 2.85 bits per heavy atom. The van der Waals surface area contributed by atoms with Gasteiger partial charge in [0.25, 0.3) is 5.56 Å². The predicted molar refractivity (Wildman–Crippen MR) is 82.9 cm³/mol. The van der Waals surface area contributed by atoms with Crippen LogP contribution in [0.2, 0.25) is 0 Å². The van der Waals surface area contributed by atoms with Gasteiger partial charge in [0.2, 0.25) is 0 Å². The number of nitrogen functional groups attached to an aromatic ring is 1. The summed E-state index contributed by atoms with van der Waals surface area (Å²) in [5.74, 6) is 0. The molecule has 5 heteroatoms. The van der Waals surface area contributed by atoms with Crippen LogP contribution < -0.4 is 11.3 Å². The lowest BCUT2D eigenvalue weighted by Crippen LogP contribution is -2.42. The molecule has 1 unspecified atom stereocenters. The summed E-state index contributed by atoms with van der Waals surface area (Å²) in [6.07, 6.45) is 4.09. The highest BCUT2D eigenvalue weighted by Crippen LogP contribution is 2.11. The van der Waals surface area contributed by atoms with Crippen LogP contribution in [0.15, 0.2) is 23.1 Å². The Labute approximate surface area is 121 Å². The van der Waals surface area contributed by atoms with Gasteiger partial charge >= 0.3 is 0 Å². The molecule has 1 aromatic heterocycles. The second kappa shape index (κ2) is 6.90. The van der Waals surface area contributed by atoms with E-state index in [1.54, 1.807) is 22.9 Å². The molecule has 0 bridgehead atoms. The van der Waals surface area contributed by atoms with Crippen molar-refractivity contribution in [2.45, 2.75) is 32.4 Å². The third-order valence-electron chi connectivity index (χ3n) is 4.13. The summed E-state index contributed by atoms with van der Waals surface area (Å²) in [5, 5.41) is 0. The second-order valence-electron chi connectivity index (χ2n) is 5.71. The number of likely N-dealkylation sites (N-methyl/N-ethyl adjacent to an activating group) is 1. The van der Waals surface area contributed by atoms with Crippen molar-refractivity contribution in [1.82, 2.24) is 14.4 Å². The average molecular weight is 278 g/mol. The first-order valence-corrected chi connectivity index (χ1v) is 7.48. The van der Waals surface area contributed by atoms with Gasteiger partial charge in [0, 0.05) is 43.6 Å². The van der Waals surface area contributed by atoms with Gasteiger partial charge in [-0.15, -0.1) is 0 Å². The van der Waals surface area contributed by atoms with Gasteiger partial charge in [-0.1, -0.05) is 6.92 Å². The van der Waals surface area contributed by atoms with Crippen molar-refractivity contribution < 1.29 is 0 Å². The van der Waals surface area contributed by atoms with Crippen molar-refractivity contribution in [2.75, 3.05) is 39.0 Å². The van der Waals surface area contributed by atoms with Gasteiger partial charge in [0.1, 0.15) is 0 Å². The fourth-order valence-electron chi connectivity index (χ4n) is 2.94. The van der Waals surface area contributed by atoms with Crippen molar-refractivity contribution in [3.8, 4) is 0 Å². The number of nitrogens with zero attached hydrogens (tertiary/aromatic N) is 3. The number of hydrogen-bond donors (Lipinski definition) is 1. The lowest BCUT2D eigenvalue weighted by atomic mass is 10.2. The zero-order valence-corrected chi connectivity index (χ0v) is 12.6. The molecule has 1 fully saturated rings. The number of rotatable bonds is 4. The summed E-state index contributed by atoms with van der Waals surface area (Å²) < 4.78 is 1.72. The summed E-state index contributed by atoms with van der Waals surface area (Å²) in [6.45, 7) is 7.25. The molecule has 0 saturated carbocycles. The number of anilines is 1. The lowest BCUT2D eigenvalue weighted by Gasteiger charge is -2.30. The van der Waals surface area contributed by atoms with Gasteiger partial charge in [-0.2, -0.15) is 0 Å². The molecule has 1 aromatic rings. The quantitative estimate of drug-likeness (QED) is 0.887. The Morgan fingerprint density at radius 2 is 2.10 bits per heavy atom. The molecule has 1 atom stereocenters. The van der Waals surface area contributed by atoms with Crippen molar-refractivity contribution >= 4 is 5.69 Å². The zero-order valence-electron chi connectivity index (χ0n) is 12.6. The average Bonchev–Trinajstić information content (AvgIpc) is 2.61. The van der Waals surface area contributed by atoms with Gasteiger partial charge in [-0.25, -0.2) is 0 Å². The normalized spacial score (nSPS) is 21.8. The summed E-state index contributed by atoms with van der Waals surface area (Å²) >= 11 is 0. The molecule has 2 heterocycles. The number of pyridine rings is 1. The first kappa shape index (κ1) is 15.1. The molecule has 20 heavy (non-hydrogen) atoms. The molecule has 2 rings (SSSR count). The molecule has 0 radical (unpaired) electrons. The highest BCUT2D eigenvalue weighted by atomic mass is 16.1. The Bertz CT molecular complexity index is 485. The molecule has 1 aliphatic rings. The smallest absolute Gasteiger partial charge is 0.250 e. The SMILES string of the molecule is CCC1CN(C)CCCN1CCn1cc(N)ccc1=O. The molecule has 0 aliphatic carbocycles. The Balaban J connectivity index is 2.01. The predicted octanol–water partition coefficient (Wildman–Crippen LogP) is 0.847. The van der Waals surface area contributed by atoms with Gasteiger partial charge in [-0.3, -0.25) is 9.69 Å². The van der Waals surface area contributed by atoms with Crippen LogP contribution in [0.4, 0.5) is 5.69 Å². The fraction of sp³-hybridized carbons (Fsp3) is 0.667. The maximum absolute atomic E-state index is 11.8. The summed E-state index contributed by atoms with van der Waals surface area (Å²) in [4.78, 5) is 16.7. The van der Waals surface area contributed by atoms with E-state index in [4.69, 9.17) is 5.73 Å². The highest BCUT2D eigenvalue weighted by molar-refractivity contribution is 5.33.